The molecule has 38 heavy (non-hydrogen) atoms. The SMILES string of the molecule is CC1=[C-]CC(C)=C1.Cc1ccc2c(c1)[cH-]c1cc(C)ccc12.[Cl-].[Cl-].[Zr+2]=[C](c1ccccc1)c1ccccc1. The quantitative estimate of drug-likeness (QED) is 0.268. The summed E-state index contributed by atoms with van der Waals surface area (Å²) in [5.41, 5.74) is 8.04. The molecule has 0 spiro atoms. The molecule has 0 N–H and O–H groups in total. The van der Waals surface area contributed by atoms with Crippen molar-refractivity contribution in [2.45, 2.75) is 34.1 Å². The summed E-state index contributed by atoms with van der Waals surface area (Å²) in [6, 6.07) is 36.7. The zero-order valence-electron chi connectivity index (χ0n) is 22.4. The molecule has 0 radical (unpaired) electrons. The second kappa shape index (κ2) is 15.2. The van der Waals surface area contributed by atoms with Crippen LogP contribution in [0.15, 0.2) is 120 Å². The van der Waals surface area contributed by atoms with Crippen molar-refractivity contribution in [1.29, 1.82) is 0 Å². The van der Waals surface area contributed by atoms with Gasteiger partial charge in [-0.2, -0.15) is 5.57 Å². The maximum atomic E-state index is 3.19. The van der Waals surface area contributed by atoms with Gasteiger partial charge in [0.15, 0.2) is 0 Å². The van der Waals surface area contributed by atoms with E-state index in [2.05, 4.69) is 143 Å². The third-order valence-electron chi connectivity index (χ3n) is 6.25. The Labute approximate surface area is 255 Å². The molecule has 3 heteroatoms. The zero-order chi connectivity index (χ0) is 25.5. The van der Waals surface area contributed by atoms with Gasteiger partial charge in [0.25, 0.3) is 0 Å². The Morgan fingerprint density at radius 2 is 1.11 bits per heavy atom. The van der Waals surface area contributed by atoms with Crippen molar-refractivity contribution in [2.75, 3.05) is 0 Å². The summed E-state index contributed by atoms with van der Waals surface area (Å²) in [6.07, 6.45) is 6.41. The minimum absolute atomic E-state index is 0. The number of benzene rings is 4. The maximum absolute atomic E-state index is 3.19. The molecular weight excluding hydrogens is 583 g/mol. The predicted molar refractivity (Wildman–Crippen MR) is 153 cm³/mol. The molecule has 0 bridgehead atoms. The van der Waals surface area contributed by atoms with Crippen molar-refractivity contribution in [3.8, 4) is 0 Å². The normalized spacial score (nSPS) is 11.6. The molecule has 0 unspecified atom stereocenters. The summed E-state index contributed by atoms with van der Waals surface area (Å²) in [5, 5.41) is 5.46. The first kappa shape index (κ1) is 31.8. The Morgan fingerprint density at radius 3 is 1.45 bits per heavy atom. The average Bonchev–Trinajstić information content (AvgIpc) is 3.45. The van der Waals surface area contributed by atoms with Gasteiger partial charge in [0.2, 0.25) is 0 Å². The Hall–Kier alpha value is -2.44. The Bertz CT molecular complexity index is 1440. The van der Waals surface area contributed by atoms with Crippen LogP contribution in [0, 0.1) is 19.9 Å². The van der Waals surface area contributed by atoms with E-state index in [1.165, 1.54) is 82.4 Å². The Balaban J connectivity index is 0.000000207. The fourth-order valence-electron chi connectivity index (χ4n) is 4.39. The van der Waals surface area contributed by atoms with E-state index in [0.717, 1.165) is 6.42 Å². The van der Waals surface area contributed by atoms with E-state index >= 15 is 0 Å². The second-order valence-corrected chi connectivity index (χ2v) is 10.7. The molecule has 5 aromatic carbocycles. The average molecular weight is 615 g/mol. The van der Waals surface area contributed by atoms with E-state index < -0.39 is 0 Å². The molecular formula is C35H32Cl2Zr-2. The molecule has 1 aliphatic carbocycles. The summed E-state index contributed by atoms with van der Waals surface area (Å²) in [5.74, 6) is 0. The first-order valence-electron chi connectivity index (χ1n) is 12.4. The summed E-state index contributed by atoms with van der Waals surface area (Å²) in [4.78, 5) is 0. The minimum atomic E-state index is 0. The van der Waals surface area contributed by atoms with E-state index in [9.17, 15) is 0 Å². The van der Waals surface area contributed by atoms with Gasteiger partial charge in [-0.1, -0.05) is 49.2 Å². The number of fused-ring (bicyclic) bond motifs is 3. The molecule has 0 fully saturated rings. The summed E-state index contributed by atoms with van der Waals surface area (Å²) < 4.78 is 1.42. The van der Waals surface area contributed by atoms with Gasteiger partial charge in [-0.05, 0) is 13.8 Å². The monoisotopic (exact) mass is 612 g/mol. The summed E-state index contributed by atoms with van der Waals surface area (Å²) in [7, 11) is 0. The molecule has 0 aromatic heterocycles. The predicted octanol–water partition coefficient (Wildman–Crippen LogP) is 3.22. The third-order valence-corrected chi connectivity index (χ3v) is 7.67. The third kappa shape index (κ3) is 8.54. The fraction of sp³-hybridized carbons (Fsp3) is 0.143. The summed E-state index contributed by atoms with van der Waals surface area (Å²) in [6.45, 7) is 8.49. The molecule has 0 amide bonds. The standard InChI is InChI=1S/C15H13.C13H10.C7H9.2ClH.Zr/c1-10-3-5-14-12(7-10)9-13-8-11(2)4-6-15(13)14;1-3-7-12(8-4-1)11-13-9-5-2-6-10-13;1-6-3-4-7(2)5-6;;;/h3-9H,1-2H3;1-10H;5H,3H2,1-2H3;2*1H;/q-1;;-1;;;+2/p-2. The molecule has 1 aliphatic rings. The first-order chi connectivity index (χ1) is 17.4. The van der Waals surface area contributed by atoms with Crippen molar-refractivity contribution in [3.05, 3.63) is 149 Å². The number of aryl methyl sites for hydroxylation is 2. The van der Waals surface area contributed by atoms with Gasteiger partial charge in [-0.15, -0.1) is 46.2 Å². The number of halogens is 2. The molecule has 0 saturated carbocycles. The zero-order valence-corrected chi connectivity index (χ0v) is 26.3. The van der Waals surface area contributed by atoms with Crippen molar-refractivity contribution in [3.63, 3.8) is 0 Å². The van der Waals surface area contributed by atoms with Crippen molar-refractivity contribution >= 4 is 24.8 Å². The van der Waals surface area contributed by atoms with Crippen LogP contribution < -0.4 is 24.8 Å². The Morgan fingerprint density at radius 1 is 0.658 bits per heavy atom. The molecule has 0 heterocycles. The van der Waals surface area contributed by atoms with Crippen LogP contribution in [0.2, 0.25) is 0 Å². The van der Waals surface area contributed by atoms with E-state index in [-0.39, 0.29) is 24.8 Å². The molecule has 5 aromatic rings. The van der Waals surface area contributed by atoms with Gasteiger partial charge >= 0.3 is 99.2 Å². The van der Waals surface area contributed by atoms with E-state index in [1.807, 2.05) is 0 Å². The van der Waals surface area contributed by atoms with Crippen molar-refractivity contribution in [1.82, 2.24) is 0 Å². The van der Waals surface area contributed by atoms with Gasteiger partial charge in [-0.3, -0.25) is 6.08 Å². The van der Waals surface area contributed by atoms with Crippen molar-refractivity contribution in [2.24, 2.45) is 0 Å². The molecule has 0 aliphatic heterocycles. The van der Waals surface area contributed by atoms with Gasteiger partial charge in [0.1, 0.15) is 0 Å². The van der Waals surface area contributed by atoms with E-state index in [1.54, 1.807) is 0 Å². The fourth-order valence-corrected chi connectivity index (χ4v) is 5.21. The van der Waals surface area contributed by atoms with E-state index in [4.69, 9.17) is 0 Å². The topological polar surface area (TPSA) is 0 Å². The summed E-state index contributed by atoms with van der Waals surface area (Å²) >= 11 is 1.46. The van der Waals surface area contributed by atoms with Crippen LogP contribution in [0.1, 0.15) is 42.5 Å². The molecule has 0 nitrogen and oxygen atoms in total. The molecule has 0 saturated heterocycles. The van der Waals surface area contributed by atoms with Crippen LogP contribution in [-0.2, 0) is 24.2 Å². The molecule has 6 rings (SSSR count). The van der Waals surface area contributed by atoms with Gasteiger partial charge in [0.05, 0.1) is 0 Å². The number of rotatable bonds is 2. The van der Waals surface area contributed by atoms with E-state index in [0.29, 0.717) is 0 Å². The van der Waals surface area contributed by atoms with Crippen LogP contribution in [0.4, 0.5) is 0 Å². The number of hydrogen-bond acceptors (Lipinski definition) is 0. The van der Waals surface area contributed by atoms with Gasteiger partial charge < -0.3 is 24.8 Å². The van der Waals surface area contributed by atoms with Gasteiger partial charge in [-0.25, -0.2) is 11.6 Å². The molecule has 0 atom stereocenters. The Kier molecular flexibility index (Phi) is 12.7. The van der Waals surface area contributed by atoms with Crippen LogP contribution in [0.25, 0.3) is 21.5 Å². The van der Waals surface area contributed by atoms with Gasteiger partial charge in [0, 0.05) is 0 Å². The first-order valence-corrected chi connectivity index (χ1v) is 13.6. The van der Waals surface area contributed by atoms with Crippen LogP contribution >= 0.6 is 0 Å². The van der Waals surface area contributed by atoms with Crippen molar-refractivity contribution < 1.29 is 49.0 Å². The number of hydrogen-bond donors (Lipinski definition) is 0. The van der Waals surface area contributed by atoms with Crippen LogP contribution in [0.3, 0.4) is 0 Å². The van der Waals surface area contributed by atoms with Crippen LogP contribution in [0.5, 0.6) is 0 Å². The molecule has 192 valence electrons. The second-order valence-electron chi connectivity index (χ2n) is 9.46. The number of allylic oxidation sites excluding steroid dienone is 4. The van der Waals surface area contributed by atoms with Crippen LogP contribution in [-0.4, -0.2) is 3.21 Å².